The summed E-state index contributed by atoms with van der Waals surface area (Å²) in [5.74, 6) is 2.69. The smallest absolute Gasteiger partial charge is 0.156 e. The Balaban J connectivity index is 2.07. The van der Waals surface area contributed by atoms with E-state index in [2.05, 4.69) is 27.0 Å². The molecule has 1 aliphatic heterocycles. The first kappa shape index (κ1) is 14.2. The van der Waals surface area contributed by atoms with Crippen molar-refractivity contribution in [3.8, 4) is 0 Å². The first-order valence-corrected chi connectivity index (χ1v) is 7.15. The Morgan fingerprint density at radius 3 is 2.14 bits per heavy atom. The van der Waals surface area contributed by atoms with Crippen LogP contribution in [-0.2, 0) is 0 Å². The summed E-state index contributed by atoms with van der Waals surface area (Å²) in [6, 6.07) is 3.65. The highest BCUT2D eigenvalue weighted by Gasteiger charge is 2.20. The van der Waals surface area contributed by atoms with Crippen LogP contribution in [0.1, 0.15) is 18.3 Å². The predicted octanol–water partition coefficient (Wildman–Crippen LogP) is 0.899. The summed E-state index contributed by atoms with van der Waals surface area (Å²) in [5.41, 5.74) is 13.8. The van der Waals surface area contributed by atoms with Gasteiger partial charge in [0.15, 0.2) is 5.84 Å². The molecule has 0 unspecified atom stereocenters. The molecule has 4 N–H and O–H groups in total. The molecule has 0 radical (unpaired) electrons. The number of hydrogen-bond acceptors (Lipinski definition) is 6. The van der Waals surface area contributed by atoms with Crippen LogP contribution in [0.3, 0.4) is 0 Å². The predicted molar refractivity (Wildman–Crippen MR) is 87.1 cm³/mol. The molecule has 0 fully saturated rings. The number of rotatable bonds is 2. The number of aryl methyl sites for hydroxylation is 2. The zero-order valence-electron chi connectivity index (χ0n) is 13.0. The van der Waals surface area contributed by atoms with Gasteiger partial charge in [0.05, 0.1) is 11.4 Å². The highest BCUT2D eigenvalue weighted by atomic mass is 15.4. The monoisotopic (exact) mass is 300 g/mol. The standard InChI is InChI=1S/C14H20N8/c1-4-20-8-17-13(21-11(15)5-9(2)18-21)7-14(20)22-12(16)6-10(3)19-22/h5-7H,4,8,15-16H2,1-3H3. The lowest BCUT2D eigenvalue weighted by molar-refractivity contribution is 0.401. The summed E-state index contributed by atoms with van der Waals surface area (Å²) in [6.45, 7) is 7.18. The van der Waals surface area contributed by atoms with Crippen molar-refractivity contribution in [3.05, 3.63) is 29.6 Å². The summed E-state index contributed by atoms with van der Waals surface area (Å²) in [7, 11) is 0. The van der Waals surface area contributed by atoms with Crippen molar-refractivity contribution in [1.82, 2.24) is 24.5 Å². The molecule has 3 rings (SSSR count). The number of aromatic nitrogens is 4. The van der Waals surface area contributed by atoms with E-state index in [0.29, 0.717) is 24.1 Å². The number of nitrogen functional groups attached to an aromatic ring is 2. The van der Waals surface area contributed by atoms with Crippen molar-refractivity contribution in [2.45, 2.75) is 20.8 Å². The quantitative estimate of drug-likeness (QED) is 0.857. The molecule has 2 aromatic rings. The van der Waals surface area contributed by atoms with Gasteiger partial charge in [0.2, 0.25) is 0 Å². The first-order valence-electron chi connectivity index (χ1n) is 7.15. The lowest BCUT2D eigenvalue weighted by atomic mass is 10.4. The minimum atomic E-state index is 0.508. The number of nitrogens with zero attached hydrogens (tertiary/aromatic N) is 6. The molecule has 0 aliphatic carbocycles. The molecule has 22 heavy (non-hydrogen) atoms. The summed E-state index contributed by atoms with van der Waals surface area (Å²) < 4.78 is 3.36. The third-order valence-electron chi connectivity index (χ3n) is 3.52. The maximum Gasteiger partial charge on any atom is 0.156 e. The molecule has 0 amide bonds. The van der Waals surface area contributed by atoms with E-state index in [9.17, 15) is 0 Å². The molecule has 0 atom stereocenters. The van der Waals surface area contributed by atoms with E-state index < -0.39 is 0 Å². The van der Waals surface area contributed by atoms with E-state index >= 15 is 0 Å². The number of allylic oxidation sites excluding steroid dienone is 1. The van der Waals surface area contributed by atoms with E-state index in [0.717, 1.165) is 23.8 Å². The first-order chi connectivity index (χ1) is 10.5. The Hall–Kier alpha value is -2.77. The van der Waals surface area contributed by atoms with Gasteiger partial charge in [-0.15, -0.1) is 0 Å². The van der Waals surface area contributed by atoms with Crippen LogP contribution in [0, 0.1) is 13.8 Å². The fraction of sp³-hybridized carbons (Fsp3) is 0.357. The lowest BCUT2D eigenvalue weighted by Crippen LogP contribution is -2.32. The van der Waals surface area contributed by atoms with E-state index in [-0.39, 0.29) is 0 Å². The Morgan fingerprint density at radius 1 is 1.05 bits per heavy atom. The normalized spacial score (nSPS) is 15.0. The fourth-order valence-electron chi connectivity index (χ4n) is 2.47. The van der Waals surface area contributed by atoms with Gasteiger partial charge < -0.3 is 16.4 Å². The van der Waals surface area contributed by atoms with Gasteiger partial charge in [-0.25, -0.2) is 9.67 Å². The van der Waals surface area contributed by atoms with Gasteiger partial charge in [0.25, 0.3) is 0 Å². The molecule has 0 aromatic carbocycles. The van der Waals surface area contributed by atoms with Crippen LogP contribution >= 0.6 is 0 Å². The van der Waals surface area contributed by atoms with E-state index in [1.165, 1.54) is 0 Å². The largest absolute Gasteiger partial charge is 0.384 e. The van der Waals surface area contributed by atoms with Crippen molar-refractivity contribution >= 4 is 23.3 Å². The summed E-state index contributed by atoms with van der Waals surface area (Å²) in [4.78, 5) is 6.63. The van der Waals surface area contributed by atoms with Gasteiger partial charge in [-0.1, -0.05) is 0 Å². The van der Waals surface area contributed by atoms with Crippen LogP contribution in [0.5, 0.6) is 0 Å². The van der Waals surface area contributed by atoms with Crippen LogP contribution in [0.2, 0.25) is 0 Å². The molecular formula is C14H20N8. The molecule has 3 heterocycles. The molecule has 2 aromatic heterocycles. The molecule has 0 saturated heterocycles. The average Bonchev–Trinajstić information content (AvgIpc) is 2.99. The van der Waals surface area contributed by atoms with Gasteiger partial charge in [-0.05, 0) is 20.8 Å². The van der Waals surface area contributed by atoms with Crippen LogP contribution in [0.25, 0.3) is 5.82 Å². The van der Waals surface area contributed by atoms with Crippen LogP contribution < -0.4 is 11.5 Å². The van der Waals surface area contributed by atoms with Crippen molar-refractivity contribution < 1.29 is 0 Å². The highest BCUT2D eigenvalue weighted by Crippen LogP contribution is 2.20. The van der Waals surface area contributed by atoms with E-state index in [4.69, 9.17) is 11.5 Å². The van der Waals surface area contributed by atoms with Gasteiger partial charge in [0.1, 0.15) is 24.1 Å². The molecule has 8 heteroatoms. The zero-order valence-corrected chi connectivity index (χ0v) is 13.0. The number of anilines is 2. The van der Waals surface area contributed by atoms with E-state index in [1.54, 1.807) is 9.36 Å². The van der Waals surface area contributed by atoms with Crippen molar-refractivity contribution in [2.24, 2.45) is 4.99 Å². The average molecular weight is 300 g/mol. The maximum absolute atomic E-state index is 6.05. The number of aliphatic imine (C=N–C) groups is 1. The van der Waals surface area contributed by atoms with Crippen LogP contribution in [-0.4, -0.2) is 43.5 Å². The van der Waals surface area contributed by atoms with Crippen molar-refractivity contribution in [3.63, 3.8) is 0 Å². The Labute approximate surface area is 128 Å². The van der Waals surface area contributed by atoms with Crippen LogP contribution in [0.4, 0.5) is 11.6 Å². The molecule has 1 aliphatic rings. The third-order valence-corrected chi connectivity index (χ3v) is 3.52. The van der Waals surface area contributed by atoms with Gasteiger partial charge in [-0.2, -0.15) is 14.9 Å². The molecule has 0 bridgehead atoms. The van der Waals surface area contributed by atoms with Gasteiger partial charge in [-0.3, -0.25) is 0 Å². The van der Waals surface area contributed by atoms with Crippen molar-refractivity contribution in [2.75, 3.05) is 24.7 Å². The fourth-order valence-corrected chi connectivity index (χ4v) is 2.47. The summed E-state index contributed by atoms with van der Waals surface area (Å²) in [5, 5.41) is 8.83. The Kier molecular flexibility index (Phi) is 3.36. The van der Waals surface area contributed by atoms with E-state index in [1.807, 2.05) is 32.1 Å². The minimum Gasteiger partial charge on any atom is -0.384 e. The Bertz CT molecular complexity index is 764. The summed E-state index contributed by atoms with van der Waals surface area (Å²) >= 11 is 0. The molecule has 116 valence electrons. The SMILES string of the molecule is CCN1CN=C(n2nc(C)cc2N)C=C1n1nc(C)cc1N. The number of hydrogen-bond donors (Lipinski definition) is 2. The minimum absolute atomic E-state index is 0.508. The lowest BCUT2D eigenvalue weighted by Gasteiger charge is -2.28. The zero-order chi connectivity index (χ0) is 15.9. The van der Waals surface area contributed by atoms with Crippen molar-refractivity contribution in [1.29, 1.82) is 0 Å². The molecular weight excluding hydrogens is 280 g/mol. The Morgan fingerprint density at radius 2 is 1.64 bits per heavy atom. The topological polar surface area (TPSA) is 103 Å². The summed E-state index contributed by atoms with van der Waals surface area (Å²) in [6.07, 6.45) is 1.90. The van der Waals surface area contributed by atoms with Gasteiger partial charge in [0, 0.05) is 24.8 Å². The van der Waals surface area contributed by atoms with Gasteiger partial charge >= 0.3 is 0 Å². The molecule has 8 nitrogen and oxygen atoms in total. The molecule has 0 saturated carbocycles. The maximum atomic E-state index is 6.05. The second kappa shape index (κ2) is 5.21. The molecule has 0 spiro atoms. The highest BCUT2D eigenvalue weighted by molar-refractivity contribution is 6.00. The second-order valence-electron chi connectivity index (χ2n) is 5.26. The second-order valence-corrected chi connectivity index (χ2v) is 5.26. The number of nitrogens with two attached hydrogens (primary N) is 2. The van der Waals surface area contributed by atoms with Crippen LogP contribution in [0.15, 0.2) is 23.2 Å². The third kappa shape index (κ3) is 2.32.